The van der Waals surface area contributed by atoms with E-state index >= 15 is 0 Å². The molecule has 0 N–H and O–H groups in total. The Morgan fingerprint density at radius 2 is 1.70 bits per heavy atom. The van der Waals surface area contributed by atoms with Gasteiger partial charge in [0.2, 0.25) is 0 Å². The van der Waals surface area contributed by atoms with Crippen LogP contribution in [0.5, 0.6) is 0 Å². The van der Waals surface area contributed by atoms with Gasteiger partial charge in [0.15, 0.2) is 16.8 Å². The Balaban J connectivity index is 1.92. The highest BCUT2D eigenvalue weighted by atomic mass is 35.5. The lowest BCUT2D eigenvalue weighted by Crippen LogP contribution is -2.20. The topological polar surface area (TPSA) is 51.0 Å². The van der Waals surface area contributed by atoms with Crippen LogP contribution in [-0.4, -0.2) is 45.3 Å². The van der Waals surface area contributed by atoms with Crippen molar-refractivity contribution in [3.05, 3.63) is 69.5 Å². The molecule has 1 atom stereocenters. The van der Waals surface area contributed by atoms with E-state index in [0.717, 1.165) is 28.2 Å². The fraction of sp³-hybridized carbons (Fsp3) is 0.348. The number of ketones is 1. The number of hydrogen-bond acceptors (Lipinski definition) is 5. The monoisotopic (exact) mass is 442 g/mol. The van der Waals surface area contributed by atoms with Gasteiger partial charge >= 0.3 is 0 Å². The molecule has 1 unspecified atom stereocenters. The van der Waals surface area contributed by atoms with Crippen molar-refractivity contribution in [1.29, 1.82) is 0 Å². The number of rotatable bonds is 7. The Morgan fingerprint density at radius 1 is 1.07 bits per heavy atom. The maximum Gasteiger partial charge on any atom is 0.196 e. The van der Waals surface area contributed by atoms with E-state index in [2.05, 4.69) is 35.0 Å². The number of hydrogen-bond donors (Lipinski definition) is 0. The van der Waals surface area contributed by atoms with Crippen molar-refractivity contribution >= 4 is 29.1 Å². The van der Waals surface area contributed by atoms with Crippen LogP contribution in [0.2, 0.25) is 5.02 Å². The summed E-state index contributed by atoms with van der Waals surface area (Å²) in [5, 5.41) is 10.2. The average Bonchev–Trinajstić information content (AvgIpc) is 3.12. The molecule has 158 valence electrons. The minimum Gasteiger partial charge on any atom is -0.300 e. The Kier molecular flexibility index (Phi) is 7.01. The fourth-order valence-corrected chi connectivity index (χ4v) is 4.15. The van der Waals surface area contributed by atoms with Gasteiger partial charge in [-0.05, 0) is 88.8 Å². The van der Waals surface area contributed by atoms with Gasteiger partial charge in [-0.2, -0.15) is 0 Å². The second kappa shape index (κ2) is 9.33. The van der Waals surface area contributed by atoms with Gasteiger partial charge in [-0.3, -0.25) is 14.3 Å². The highest BCUT2D eigenvalue weighted by Gasteiger charge is 2.22. The predicted octanol–water partition coefficient (Wildman–Crippen LogP) is 5.44. The highest BCUT2D eigenvalue weighted by Crippen LogP contribution is 2.28. The van der Waals surface area contributed by atoms with Gasteiger partial charge in [0.25, 0.3) is 0 Å². The van der Waals surface area contributed by atoms with Gasteiger partial charge in [-0.25, -0.2) is 0 Å². The third-order valence-electron chi connectivity index (χ3n) is 5.36. The normalized spacial score (nSPS) is 12.4. The Morgan fingerprint density at radius 3 is 2.33 bits per heavy atom. The number of aryl methyl sites for hydroxylation is 3. The van der Waals surface area contributed by atoms with E-state index < -0.39 is 0 Å². The van der Waals surface area contributed by atoms with Crippen LogP contribution in [0.1, 0.15) is 45.8 Å². The van der Waals surface area contributed by atoms with E-state index in [9.17, 15) is 4.79 Å². The summed E-state index contributed by atoms with van der Waals surface area (Å²) in [6, 6.07) is 11.7. The van der Waals surface area contributed by atoms with Crippen LogP contribution in [0.4, 0.5) is 0 Å². The summed E-state index contributed by atoms with van der Waals surface area (Å²) in [5.74, 6) is 1.21. The van der Waals surface area contributed by atoms with Gasteiger partial charge in [-0.15, -0.1) is 10.2 Å². The fourth-order valence-electron chi connectivity index (χ4n) is 3.18. The summed E-state index contributed by atoms with van der Waals surface area (Å²) in [4.78, 5) is 15.0. The van der Waals surface area contributed by atoms with E-state index in [4.69, 9.17) is 11.6 Å². The second-order valence-electron chi connectivity index (χ2n) is 7.76. The molecule has 5 nitrogen and oxygen atoms in total. The molecule has 0 bridgehead atoms. The summed E-state index contributed by atoms with van der Waals surface area (Å²) in [7, 11) is 4.01. The molecule has 0 aliphatic rings. The van der Waals surface area contributed by atoms with Crippen LogP contribution >= 0.6 is 23.4 Å². The van der Waals surface area contributed by atoms with E-state index in [1.54, 1.807) is 0 Å². The van der Waals surface area contributed by atoms with E-state index in [1.807, 2.05) is 62.8 Å². The molecular formula is C23H27ClN4OS. The Hall–Kier alpha value is -2.15. The lowest BCUT2D eigenvalue weighted by molar-refractivity contribution is 0.102. The van der Waals surface area contributed by atoms with Crippen LogP contribution in [-0.2, 0) is 0 Å². The third kappa shape index (κ3) is 4.77. The number of halogens is 1. The summed E-state index contributed by atoms with van der Waals surface area (Å²) in [6.07, 6.45) is 0. The average molecular weight is 443 g/mol. The molecule has 0 saturated heterocycles. The van der Waals surface area contributed by atoms with Gasteiger partial charge in [0, 0.05) is 16.3 Å². The van der Waals surface area contributed by atoms with Crippen molar-refractivity contribution in [2.75, 3.05) is 19.8 Å². The van der Waals surface area contributed by atoms with Crippen molar-refractivity contribution in [3.8, 4) is 5.69 Å². The number of carbonyl (C=O) groups excluding carboxylic acids is 1. The van der Waals surface area contributed by atoms with Gasteiger partial charge in [-0.1, -0.05) is 29.4 Å². The molecule has 0 spiro atoms. The van der Waals surface area contributed by atoms with E-state index in [-0.39, 0.29) is 11.8 Å². The van der Waals surface area contributed by atoms with Gasteiger partial charge in [0.05, 0.1) is 11.8 Å². The maximum absolute atomic E-state index is 12.9. The van der Waals surface area contributed by atoms with Crippen LogP contribution < -0.4 is 0 Å². The molecule has 0 radical (unpaired) electrons. The molecule has 3 rings (SSSR count). The zero-order valence-corrected chi connectivity index (χ0v) is 19.8. The molecule has 0 aliphatic heterocycles. The predicted molar refractivity (Wildman–Crippen MR) is 124 cm³/mol. The Labute approximate surface area is 187 Å². The SMILES string of the molecule is Cc1cc(C)c(C(=O)CSc2nnc(C(C)N(C)C)n2-c2ccc(Cl)cc2)cc1C. The first-order valence-corrected chi connectivity index (χ1v) is 11.2. The Bertz CT molecular complexity index is 1060. The number of carbonyl (C=O) groups is 1. The second-order valence-corrected chi connectivity index (χ2v) is 9.13. The minimum absolute atomic E-state index is 0.0558. The van der Waals surface area contributed by atoms with Crippen molar-refractivity contribution in [3.63, 3.8) is 0 Å². The molecule has 0 saturated carbocycles. The maximum atomic E-state index is 12.9. The molecular weight excluding hydrogens is 416 g/mol. The van der Waals surface area contributed by atoms with Crippen molar-refractivity contribution in [2.45, 2.75) is 38.9 Å². The summed E-state index contributed by atoms with van der Waals surface area (Å²) < 4.78 is 2.01. The zero-order valence-electron chi connectivity index (χ0n) is 18.2. The molecule has 0 aliphatic carbocycles. The van der Waals surface area contributed by atoms with Gasteiger partial charge in [0.1, 0.15) is 0 Å². The highest BCUT2D eigenvalue weighted by molar-refractivity contribution is 7.99. The molecule has 3 aromatic rings. The lowest BCUT2D eigenvalue weighted by atomic mass is 9.99. The number of benzene rings is 2. The number of aromatic nitrogens is 3. The molecule has 1 heterocycles. The first kappa shape index (κ1) is 22.5. The van der Waals surface area contributed by atoms with E-state index in [0.29, 0.717) is 15.9 Å². The number of Topliss-reactive ketones (excluding diaryl/α,β-unsaturated/α-hetero) is 1. The molecule has 7 heteroatoms. The van der Waals surface area contributed by atoms with Gasteiger partial charge < -0.3 is 0 Å². The smallest absolute Gasteiger partial charge is 0.196 e. The summed E-state index contributed by atoms with van der Waals surface area (Å²) in [5.41, 5.74) is 5.02. The number of thioether (sulfide) groups is 1. The lowest BCUT2D eigenvalue weighted by Gasteiger charge is -2.20. The molecule has 2 aromatic carbocycles. The van der Waals surface area contributed by atoms with Crippen LogP contribution in [0.25, 0.3) is 5.69 Å². The van der Waals surface area contributed by atoms with E-state index in [1.165, 1.54) is 17.3 Å². The van der Waals surface area contributed by atoms with Crippen LogP contribution in [0.3, 0.4) is 0 Å². The number of nitrogens with zero attached hydrogens (tertiary/aromatic N) is 4. The first-order valence-electron chi connectivity index (χ1n) is 9.80. The summed E-state index contributed by atoms with van der Waals surface area (Å²) >= 11 is 7.48. The van der Waals surface area contributed by atoms with Crippen molar-refractivity contribution in [2.24, 2.45) is 0 Å². The standard InChI is InChI=1S/C23H27ClN4OS/c1-14-11-16(3)20(12-15(14)2)21(29)13-30-23-26-25-22(17(4)27(5)6)28(23)19-9-7-18(24)8-10-19/h7-12,17H,13H2,1-6H3. The quantitative estimate of drug-likeness (QED) is 0.360. The largest absolute Gasteiger partial charge is 0.300 e. The third-order valence-corrected chi connectivity index (χ3v) is 6.55. The first-order chi connectivity index (χ1) is 14.2. The van der Waals surface area contributed by atoms with Crippen LogP contribution in [0.15, 0.2) is 41.6 Å². The molecule has 30 heavy (non-hydrogen) atoms. The molecule has 0 fully saturated rings. The summed E-state index contributed by atoms with van der Waals surface area (Å²) in [6.45, 7) is 8.16. The van der Waals surface area contributed by atoms with Crippen LogP contribution in [0, 0.1) is 20.8 Å². The minimum atomic E-state index is 0.0558. The molecule has 1 aromatic heterocycles. The van der Waals surface area contributed by atoms with Crippen molar-refractivity contribution in [1.82, 2.24) is 19.7 Å². The van der Waals surface area contributed by atoms with Crippen molar-refractivity contribution < 1.29 is 4.79 Å². The molecule has 0 amide bonds. The zero-order chi connectivity index (χ0) is 22.0.